The Bertz CT molecular complexity index is 1320. The van der Waals surface area contributed by atoms with Gasteiger partial charge in [0.25, 0.3) is 11.1 Å². The summed E-state index contributed by atoms with van der Waals surface area (Å²) in [7, 11) is 0. The first-order valence-corrected chi connectivity index (χ1v) is 10.5. The average Bonchev–Trinajstić information content (AvgIpc) is 2.72. The van der Waals surface area contributed by atoms with Gasteiger partial charge in [0.05, 0.1) is 15.7 Å². The van der Waals surface area contributed by atoms with E-state index in [2.05, 4.69) is 20.3 Å². The second kappa shape index (κ2) is 8.32. The van der Waals surface area contributed by atoms with Gasteiger partial charge in [-0.2, -0.15) is 9.78 Å². The summed E-state index contributed by atoms with van der Waals surface area (Å²) in [5.74, 6) is 0.190. The van der Waals surface area contributed by atoms with Crippen LogP contribution in [-0.2, 0) is 12.8 Å². The zero-order valence-electron chi connectivity index (χ0n) is 16.8. The number of hydrogen-bond acceptors (Lipinski definition) is 6. The molecule has 0 radical (unpaired) electrons. The molecule has 0 amide bonds. The third-order valence-electron chi connectivity index (χ3n) is 5.09. The SMILES string of the molecule is CC(C)c1nn(-c2cc(Cl)c(Oc3n[nH]c(=O)c4c3CCCC4)c(Cl)c2)c(=O)[nH]c1=O. The van der Waals surface area contributed by atoms with Crippen LogP contribution in [0, 0.1) is 0 Å². The summed E-state index contributed by atoms with van der Waals surface area (Å²) in [6.07, 6.45) is 3.18. The summed E-state index contributed by atoms with van der Waals surface area (Å²) < 4.78 is 6.91. The predicted octanol–water partition coefficient (Wildman–Crippen LogP) is 3.11. The highest BCUT2D eigenvalue weighted by Gasteiger charge is 2.22. The summed E-state index contributed by atoms with van der Waals surface area (Å²) in [5, 5.41) is 10.9. The fourth-order valence-corrected chi connectivity index (χ4v) is 4.09. The van der Waals surface area contributed by atoms with Crippen molar-refractivity contribution in [1.82, 2.24) is 25.0 Å². The molecule has 1 aliphatic rings. The molecule has 0 saturated heterocycles. The molecular weight excluding hydrogens is 445 g/mol. The number of fused-ring (bicyclic) bond motifs is 1. The molecule has 0 saturated carbocycles. The quantitative estimate of drug-likeness (QED) is 0.612. The van der Waals surface area contributed by atoms with Crippen LogP contribution in [0.1, 0.15) is 49.4 Å². The molecule has 0 unspecified atom stereocenters. The van der Waals surface area contributed by atoms with Crippen LogP contribution < -0.4 is 21.5 Å². The second-order valence-corrected chi connectivity index (χ2v) is 8.39. The number of rotatable bonds is 4. The molecule has 9 nitrogen and oxygen atoms in total. The summed E-state index contributed by atoms with van der Waals surface area (Å²) >= 11 is 12.8. The standard InChI is InChI=1S/C20H19Cl2N5O4/c1-9(2)15-18(29)23-20(30)27(26-15)10-7-13(21)16(14(22)8-10)31-19-12-6-4-3-5-11(12)17(28)24-25-19/h7-9H,3-6H2,1-2H3,(H,24,28)(H,23,29,30). The Kier molecular flexibility index (Phi) is 5.72. The molecule has 162 valence electrons. The monoisotopic (exact) mass is 463 g/mol. The van der Waals surface area contributed by atoms with Crippen molar-refractivity contribution in [1.29, 1.82) is 0 Å². The van der Waals surface area contributed by atoms with E-state index in [4.69, 9.17) is 27.9 Å². The Balaban J connectivity index is 1.77. The molecule has 0 fully saturated rings. The van der Waals surface area contributed by atoms with Gasteiger partial charge in [0, 0.05) is 17.0 Å². The number of aromatic nitrogens is 5. The molecule has 1 aliphatic carbocycles. The lowest BCUT2D eigenvalue weighted by atomic mass is 9.94. The number of benzene rings is 1. The molecule has 0 atom stereocenters. The molecule has 1 aromatic carbocycles. The van der Waals surface area contributed by atoms with E-state index in [1.165, 1.54) is 12.1 Å². The van der Waals surface area contributed by atoms with E-state index in [1.807, 2.05) is 0 Å². The van der Waals surface area contributed by atoms with Gasteiger partial charge in [0.1, 0.15) is 5.69 Å². The smallest absolute Gasteiger partial charge is 0.349 e. The normalized spacial score (nSPS) is 13.3. The third kappa shape index (κ3) is 4.03. The Morgan fingerprint density at radius 2 is 1.68 bits per heavy atom. The molecule has 0 spiro atoms. The average molecular weight is 464 g/mol. The van der Waals surface area contributed by atoms with Crippen molar-refractivity contribution in [2.24, 2.45) is 0 Å². The lowest BCUT2D eigenvalue weighted by Crippen LogP contribution is -2.34. The zero-order valence-corrected chi connectivity index (χ0v) is 18.3. The van der Waals surface area contributed by atoms with Crippen LogP contribution in [0.4, 0.5) is 0 Å². The highest BCUT2D eigenvalue weighted by atomic mass is 35.5. The van der Waals surface area contributed by atoms with Gasteiger partial charge in [-0.1, -0.05) is 37.0 Å². The van der Waals surface area contributed by atoms with E-state index in [0.717, 1.165) is 23.1 Å². The van der Waals surface area contributed by atoms with E-state index in [1.54, 1.807) is 13.8 Å². The van der Waals surface area contributed by atoms with Crippen LogP contribution in [0.5, 0.6) is 11.6 Å². The molecule has 0 aliphatic heterocycles. The Labute approximate surface area is 186 Å². The molecule has 2 heterocycles. The van der Waals surface area contributed by atoms with Crippen molar-refractivity contribution >= 4 is 23.2 Å². The van der Waals surface area contributed by atoms with Crippen LogP contribution in [-0.4, -0.2) is 25.0 Å². The van der Waals surface area contributed by atoms with Gasteiger partial charge in [0.2, 0.25) is 5.88 Å². The largest absolute Gasteiger partial charge is 0.434 e. The maximum atomic E-state index is 12.3. The number of nitrogens with zero attached hydrogens (tertiary/aromatic N) is 3. The van der Waals surface area contributed by atoms with E-state index in [9.17, 15) is 14.4 Å². The van der Waals surface area contributed by atoms with Crippen molar-refractivity contribution in [2.75, 3.05) is 0 Å². The van der Waals surface area contributed by atoms with Crippen LogP contribution in [0.2, 0.25) is 10.0 Å². The Hall–Kier alpha value is -2.91. The Morgan fingerprint density at radius 3 is 2.32 bits per heavy atom. The van der Waals surface area contributed by atoms with Crippen molar-refractivity contribution in [2.45, 2.75) is 45.4 Å². The third-order valence-corrected chi connectivity index (χ3v) is 5.65. The highest BCUT2D eigenvalue weighted by Crippen LogP contribution is 2.39. The topological polar surface area (TPSA) is 123 Å². The summed E-state index contributed by atoms with van der Waals surface area (Å²) in [6, 6.07) is 2.91. The van der Waals surface area contributed by atoms with Crippen molar-refractivity contribution in [3.63, 3.8) is 0 Å². The van der Waals surface area contributed by atoms with E-state index < -0.39 is 11.2 Å². The molecule has 0 bridgehead atoms. The van der Waals surface area contributed by atoms with E-state index in [0.29, 0.717) is 18.4 Å². The number of halogens is 2. The molecular formula is C20H19Cl2N5O4. The van der Waals surface area contributed by atoms with Gasteiger partial charge < -0.3 is 4.74 Å². The second-order valence-electron chi connectivity index (χ2n) is 7.57. The molecule has 4 rings (SSSR count). The van der Waals surface area contributed by atoms with E-state index >= 15 is 0 Å². The van der Waals surface area contributed by atoms with Gasteiger partial charge in [-0.3, -0.25) is 14.6 Å². The molecule has 2 N–H and O–H groups in total. The first-order chi connectivity index (χ1) is 14.8. The van der Waals surface area contributed by atoms with Crippen LogP contribution >= 0.6 is 23.2 Å². The number of H-pyrrole nitrogens is 2. The van der Waals surface area contributed by atoms with Crippen molar-refractivity contribution < 1.29 is 4.74 Å². The van der Waals surface area contributed by atoms with Crippen molar-refractivity contribution in [3.8, 4) is 17.3 Å². The minimum absolute atomic E-state index is 0.117. The minimum Gasteiger partial charge on any atom is -0.434 e. The fourth-order valence-electron chi connectivity index (χ4n) is 3.54. The van der Waals surface area contributed by atoms with Gasteiger partial charge in [0.15, 0.2) is 5.75 Å². The lowest BCUT2D eigenvalue weighted by molar-refractivity contribution is 0.440. The van der Waals surface area contributed by atoms with Crippen LogP contribution in [0.3, 0.4) is 0 Å². The first-order valence-electron chi connectivity index (χ1n) is 9.77. The van der Waals surface area contributed by atoms with Gasteiger partial charge in [-0.25, -0.2) is 9.89 Å². The fraction of sp³-hybridized carbons (Fsp3) is 0.350. The molecule has 11 heteroatoms. The van der Waals surface area contributed by atoms with Gasteiger partial charge in [-0.05, 0) is 37.8 Å². The minimum atomic E-state index is -0.716. The Morgan fingerprint density at radius 1 is 1.03 bits per heavy atom. The van der Waals surface area contributed by atoms with Gasteiger partial charge >= 0.3 is 5.69 Å². The maximum absolute atomic E-state index is 12.3. The lowest BCUT2D eigenvalue weighted by Gasteiger charge is -2.18. The predicted molar refractivity (Wildman–Crippen MR) is 116 cm³/mol. The number of hydrogen-bond donors (Lipinski definition) is 2. The zero-order chi connectivity index (χ0) is 22.3. The summed E-state index contributed by atoms with van der Waals surface area (Å²) in [5.41, 5.74) is 0.391. The highest BCUT2D eigenvalue weighted by molar-refractivity contribution is 6.37. The summed E-state index contributed by atoms with van der Waals surface area (Å²) in [4.78, 5) is 38.5. The maximum Gasteiger partial charge on any atom is 0.349 e. The first kappa shape index (κ1) is 21.3. The van der Waals surface area contributed by atoms with Crippen LogP contribution in [0.15, 0.2) is 26.5 Å². The molecule has 3 aromatic rings. The number of aromatic amines is 2. The van der Waals surface area contributed by atoms with Crippen molar-refractivity contribution in [3.05, 3.63) is 70.2 Å². The number of nitrogens with one attached hydrogen (secondary N) is 2. The summed E-state index contributed by atoms with van der Waals surface area (Å²) in [6.45, 7) is 3.59. The molecule has 2 aromatic heterocycles. The van der Waals surface area contributed by atoms with Crippen LogP contribution in [0.25, 0.3) is 5.69 Å². The van der Waals surface area contributed by atoms with Gasteiger partial charge in [-0.15, -0.1) is 5.10 Å². The number of ether oxygens (including phenoxy) is 1. The molecule has 31 heavy (non-hydrogen) atoms. The van der Waals surface area contributed by atoms with E-state index in [-0.39, 0.29) is 44.5 Å².